The van der Waals surface area contributed by atoms with Crippen molar-refractivity contribution in [3.05, 3.63) is 23.0 Å². The maximum atomic E-state index is 11.1. The normalized spacial score (nSPS) is 10.9. The van der Waals surface area contributed by atoms with Crippen LogP contribution in [0.4, 0.5) is 0 Å². The number of carbonyl (C=O) groups is 1. The van der Waals surface area contributed by atoms with Gasteiger partial charge in [-0.05, 0) is 25.3 Å². The Hall–Kier alpha value is -1.25. The van der Waals surface area contributed by atoms with E-state index in [0.717, 1.165) is 12.1 Å². The highest BCUT2D eigenvalue weighted by Gasteiger charge is 2.13. The smallest absolute Gasteiger partial charge is 0.250 e. The zero-order valence-electron chi connectivity index (χ0n) is 9.29. The average molecular weight is 194 g/mol. The molecule has 2 N–H and O–H groups in total. The number of carbonyl (C=O) groups excluding carboxylic acids is 1. The predicted octanol–water partition coefficient (Wildman–Crippen LogP) is 1.63. The van der Waals surface area contributed by atoms with Gasteiger partial charge >= 0.3 is 0 Å². The molecule has 0 saturated carbocycles. The molecule has 0 aromatic carbocycles. The molecule has 3 nitrogen and oxygen atoms in total. The van der Waals surface area contributed by atoms with Crippen molar-refractivity contribution in [1.29, 1.82) is 0 Å². The minimum Gasteiger partial charge on any atom is -0.366 e. The molecule has 0 saturated heterocycles. The highest BCUT2D eigenvalue weighted by atomic mass is 16.1. The van der Waals surface area contributed by atoms with E-state index in [4.69, 9.17) is 5.73 Å². The Labute approximate surface area is 84.9 Å². The van der Waals surface area contributed by atoms with Crippen LogP contribution in [0.15, 0.2) is 6.07 Å². The molecule has 0 radical (unpaired) electrons. The lowest BCUT2D eigenvalue weighted by atomic mass is 10.1. The van der Waals surface area contributed by atoms with Crippen LogP contribution in [-0.4, -0.2) is 10.5 Å². The topological polar surface area (TPSA) is 48.0 Å². The zero-order chi connectivity index (χ0) is 10.9. The van der Waals surface area contributed by atoms with Gasteiger partial charge in [0.05, 0.1) is 5.56 Å². The van der Waals surface area contributed by atoms with Crippen LogP contribution >= 0.6 is 0 Å². The third-order valence-electron chi connectivity index (χ3n) is 2.52. The van der Waals surface area contributed by atoms with Crippen LogP contribution in [0, 0.1) is 12.8 Å². The number of hydrogen-bond acceptors (Lipinski definition) is 1. The van der Waals surface area contributed by atoms with Gasteiger partial charge in [-0.1, -0.05) is 13.8 Å². The molecule has 78 valence electrons. The molecule has 1 amide bonds. The first-order chi connectivity index (χ1) is 6.43. The molecule has 0 bridgehead atoms. The van der Waals surface area contributed by atoms with Crippen LogP contribution in [-0.2, 0) is 13.5 Å². The molecular formula is C11H18N2O. The minimum absolute atomic E-state index is 0.340. The highest BCUT2D eigenvalue weighted by Crippen LogP contribution is 2.16. The van der Waals surface area contributed by atoms with Crippen molar-refractivity contribution >= 4 is 5.91 Å². The quantitative estimate of drug-likeness (QED) is 0.781. The first-order valence-electron chi connectivity index (χ1n) is 4.88. The molecule has 1 aromatic heterocycles. The first-order valence-corrected chi connectivity index (χ1v) is 4.88. The molecule has 0 spiro atoms. The maximum absolute atomic E-state index is 11.1. The number of nitrogens with zero attached hydrogens (tertiary/aromatic N) is 1. The number of hydrogen-bond donors (Lipinski definition) is 1. The molecular weight excluding hydrogens is 176 g/mol. The van der Waals surface area contributed by atoms with E-state index < -0.39 is 0 Å². The molecule has 0 aliphatic heterocycles. The third-order valence-corrected chi connectivity index (χ3v) is 2.52. The molecule has 3 heteroatoms. The monoisotopic (exact) mass is 194 g/mol. The number of primary amides is 1. The molecule has 0 unspecified atom stereocenters. The summed E-state index contributed by atoms with van der Waals surface area (Å²) in [4.78, 5) is 11.1. The van der Waals surface area contributed by atoms with Gasteiger partial charge in [0.15, 0.2) is 0 Å². The fourth-order valence-electron chi connectivity index (χ4n) is 1.63. The lowest BCUT2D eigenvalue weighted by Crippen LogP contribution is -2.11. The Morgan fingerprint density at radius 2 is 2.14 bits per heavy atom. The van der Waals surface area contributed by atoms with Gasteiger partial charge in [-0.3, -0.25) is 4.79 Å². The highest BCUT2D eigenvalue weighted by molar-refractivity contribution is 5.94. The van der Waals surface area contributed by atoms with Crippen LogP contribution in [0.5, 0.6) is 0 Å². The van der Waals surface area contributed by atoms with Crippen LogP contribution in [0.2, 0.25) is 0 Å². The molecule has 1 aromatic rings. The summed E-state index contributed by atoms with van der Waals surface area (Å²) < 4.78 is 2.04. The number of nitrogens with two attached hydrogens (primary N) is 1. The molecule has 1 rings (SSSR count). The maximum Gasteiger partial charge on any atom is 0.250 e. The first kappa shape index (κ1) is 10.8. The summed E-state index contributed by atoms with van der Waals surface area (Å²) in [6.07, 6.45) is 0.977. The summed E-state index contributed by atoms with van der Waals surface area (Å²) in [5, 5.41) is 0. The summed E-state index contributed by atoms with van der Waals surface area (Å²) in [6.45, 7) is 6.24. The van der Waals surface area contributed by atoms with E-state index in [9.17, 15) is 4.79 Å². The Morgan fingerprint density at radius 1 is 1.57 bits per heavy atom. The Balaban J connectivity index is 3.08. The standard InChI is InChI=1S/C11H18N2O/c1-7(2)5-9-6-10(11(12)14)8(3)13(9)4/h6-7H,5H2,1-4H3,(H2,12,14). The van der Waals surface area contributed by atoms with Crippen molar-refractivity contribution in [3.63, 3.8) is 0 Å². The van der Waals surface area contributed by atoms with Crippen molar-refractivity contribution in [2.45, 2.75) is 27.2 Å². The molecule has 14 heavy (non-hydrogen) atoms. The molecule has 0 atom stereocenters. The van der Waals surface area contributed by atoms with Crippen molar-refractivity contribution in [2.75, 3.05) is 0 Å². The van der Waals surface area contributed by atoms with Gasteiger partial charge in [-0.25, -0.2) is 0 Å². The van der Waals surface area contributed by atoms with E-state index in [2.05, 4.69) is 13.8 Å². The molecule has 0 aliphatic carbocycles. The van der Waals surface area contributed by atoms with Gasteiger partial charge < -0.3 is 10.3 Å². The van der Waals surface area contributed by atoms with Gasteiger partial charge in [-0.15, -0.1) is 0 Å². The Bertz CT molecular complexity index is 350. The lowest BCUT2D eigenvalue weighted by molar-refractivity contribution is 0.0999. The van der Waals surface area contributed by atoms with E-state index in [-0.39, 0.29) is 5.91 Å². The minimum atomic E-state index is -0.340. The van der Waals surface area contributed by atoms with E-state index in [0.29, 0.717) is 11.5 Å². The van der Waals surface area contributed by atoms with Gasteiger partial charge in [0.1, 0.15) is 0 Å². The zero-order valence-corrected chi connectivity index (χ0v) is 9.29. The SMILES string of the molecule is Cc1c(C(N)=O)cc(CC(C)C)n1C. The van der Waals surface area contributed by atoms with Crippen LogP contribution in [0.3, 0.4) is 0 Å². The Kier molecular flexibility index (Phi) is 2.99. The fourth-order valence-corrected chi connectivity index (χ4v) is 1.63. The van der Waals surface area contributed by atoms with E-state index in [1.54, 1.807) is 0 Å². The van der Waals surface area contributed by atoms with Gasteiger partial charge in [0.25, 0.3) is 5.91 Å². The summed E-state index contributed by atoms with van der Waals surface area (Å²) in [6, 6.07) is 1.90. The van der Waals surface area contributed by atoms with Gasteiger partial charge in [-0.2, -0.15) is 0 Å². The van der Waals surface area contributed by atoms with E-state index in [1.807, 2.05) is 24.6 Å². The number of amides is 1. The van der Waals surface area contributed by atoms with Gasteiger partial charge in [0, 0.05) is 18.4 Å². The molecule has 1 heterocycles. The molecule has 0 fully saturated rings. The largest absolute Gasteiger partial charge is 0.366 e. The van der Waals surface area contributed by atoms with Crippen LogP contribution < -0.4 is 5.73 Å². The Morgan fingerprint density at radius 3 is 2.50 bits per heavy atom. The lowest BCUT2D eigenvalue weighted by Gasteiger charge is -2.06. The second kappa shape index (κ2) is 3.86. The number of aromatic nitrogens is 1. The van der Waals surface area contributed by atoms with Crippen molar-refractivity contribution in [2.24, 2.45) is 18.7 Å². The summed E-state index contributed by atoms with van der Waals surface area (Å²) in [5.74, 6) is 0.247. The fraction of sp³-hybridized carbons (Fsp3) is 0.545. The van der Waals surface area contributed by atoms with Crippen molar-refractivity contribution in [3.8, 4) is 0 Å². The van der Waals surface area contributed by atoms with Crippen molar-refractivity contribution in [1.82, 2.24) is 4.57 Å². The van der Waals surface area contributed by atoms with E-state index >= 15 is 0 Å². The van der Waals surface area contributed by atoms with E-state index in [1.165, 1.54) is 5.69 Å². The second-order valence-electron chi connectivity index (χ2n) is 4.16. The summed E-state index contributed by atoms with van der Waals surface area (Å²) in [7, 11) is 1.97. The summed E-state index contributed by atoms with van der Waals surface area (Å²) in [5.41, 5.74) is 8.04. The number of rotatable bonds is 3. The van der Waals surface area contributed by atoms with Gasteiger partial charge in [0.2, 0.25) is 0 Å². The molecule has 0 aliphatic rings. The van der Waals surface area contributed by atoms with Crippen LogP contribution in [0.25, 0.3) is 0 Å². The predicted molar refractivity (Wildman–Crippen MR) is 57.2 cm³/mol. The van der Waals surface area contributed by atoms with Crippen molar-refractivity contribution < 1.29 is 4.79 Å². The van der Waals surface area contributed by atoms with Crippen LogP contribution in [0.1, 0.15) is 35.6 Å². The summed E-state index contributed by atoms with van der Waals surface area (Å²) >= 11 is 0. The second-order valence-corrected chi connectivity index (χ2v) is 4.16. The third kappa shape index (κ3) is 1.97. The average Bonchev–Trinajstić information content (AvgIpc) is 2.32.